The molecule has 0 aliphatic heterocycles. The molecule has 0 bridgehead atoms. The summed E-state index contributed by atoms with van der Waals surface area (Å²) in [5.74, 6) is 0. The van der Waals surface area contributed by atoms with Crippen molar-refractivity contribution in [3.05, 3.63) is 40.5 Å². The number of hydrogen-bond donors (Lipinski definition) is 0. The number of aromatic nitrogens is 1. The second-order valence-corrected chi connectivity index (χ2v) is 9.36. The van der Waals surface area contributed by atoms with Crippen molar-refractivity contribution in [2.24, 2.45) is 0 Å². The zero-order valence-corrected chi connectivity index (χ0v) is 17.4. The maximum Gasteiger partial charge on any atom is 0.177 e. The van der Waals surface area contributed by atoms with Gasteiger partial charge in [0.05, 0.1) is 25.5 Å². The first-order chi connectivity index (χ1) is 11.8. The molecule has 7 heteroatoms. The molecule has 0 spiro atoms. The lowest BCUT2D eigenvalue weighted by Gasteiger charge is -2.16. The van der Waals surface area contributed by atoms with E-state index in [1.807, 2.05) is 13.0 Å². The van der Waals surface area contributed by atoms with Gasteiger partial charge in [0.15, 0.2) is 9.84 Å². The Bertz CT molecular complexity index is 828. The average Bonchev–Trinajstić information content (AvgIpc) is 2.92. The van der Waals surface area contributed by atoms with Crippen molar-refractivity contribution >= 4 is 32.8 Å². The molecule has 0 saturated carbocycles. The van der Waals surface area contributed by atoms with Crippen molar-refractivity contribution in [2.45, 2.75) is 38.5 Å². The van der Waals surface area contributed by atoms with Gasteiger partial charge in [0.25, 0.3) is 0 Å². The second-order valence-electron chi connectivity index (χ2n) is 5.88. The zero-order valence-electron chi connectivity index (χ0n) is 15.0. The Labute approximate surface area is 159 Å². The van der Waals surface area contributed by atoms with Crippen LogP contribution in [0, 0.1) is 13.5 Å². The monoisotopic (exact) mass is 399 g/mol. The number of benzene rings is 1. The van der Waals surface area contributed by atoms with Gasteiger partial charge >= 0.3 is 0 Å². The predicted octanol–water partition coefficient (Wildman–Crippen LogP) is 4.61. The molecule has 0 aliphatic carbocycles. The Morgan fingerprint density at radius 3 is 2.56 bits per heavy atom. The highest BCUT2D eigenvalue weighted by molar-refractivity contribution is 7.90. The molecule has 1 heterocycles. The minimum absolute atomic E-state index is 0.163. The van der Waals surface area contributed by atoms with Crippen molar-refractivity contribution in [2.75, 3.05) is 19.3 Å². The van der Waals surface area contributed by atoms with E-state index in [2.05, 4.69) is 30.3 Å². The highest BCUT2D eigenvalue weighted by Crippen LogP contribution is 2.34. The quantitative estimate of drug-likeness (QED) is 0.650. The van der Waals surface area contributed by atoms with Crippen molar-refractivity contribution in [1.82, 2.24) is 9.88 Å². The van der Waals surface area contributed by atoms with Crippen LogP contribution in [0.5, 0.6) is 0 Å². The Morgan fingerprint density at radius 1 is 1.28 bits per heavy atom. The Morgan fingerprint density at radius 2 is 1.96 bits per heavy atom. The summed E-state index contributed by atoms with van der Waals surface area (Å²) in [6, 6.07) is 5.13. The number of sulfone groups is 1. The van der Waals surface area contributed by atoms with Crippen LogP contribution in [-0.2, 0) is 16.3 Å². The lowest BCUT2D eigenvalue weighted by molar-refractivity contribution is 0.359. The van der Waals surface area contributed by atoms with Crippen LogP contribution < -0.4 is 0 Å². The first-order valence-electron chi connectivity index (χ1n) is 8.29. The van der Waals surface area contributed by atoms with Gasteiger partial charge in [-0.25, -0.2) is 13.4 Å². The smallest absolute Gasteiger partial charge is 0.177 e. The largest absolute Gasteiger partial charge is 0.299 e. The van der Waals surface area contributed by atoms with Crippen LogP contribution in [0.3, 0.4) is 0 Å². The van der Waals surface area contributed by atoms with E-state index in [0.29, 0.717) is 0 Å². The van der Waals surface area contributed by atoms with Crippen LogP contribution in [-0.4, -0.2) is 37.6 Å². The molecular weight excluding hydrogens is 376 g/mol. The normalized spacial score (nSPS) is 12.1. The molecule has 0 fully saturated rings. The maximum absolute atomic E-state index is 11.9. The molecule has 1 aromatic heterocycles. The summed E-state index contributed by atoms with van der Waals surface area (Å²) in [6.45, 7) is 10.5. The molecule has 0 amide bonds. The number of aryl methyl sites for hydroxylation is 2. The summed E-state index contributed by atoms with van der Waals surface area (Å²) in [6.07, 6.45) is 3.00. The van der Waals surface area contributed by atoms with Crippen LogP contribution in [0.1, 0.15) is 31.0 Å². The van der Waals surface area contributed by atoms with Crippen molar-refractivity contribution in [3.63, 3.8) is 0 Å². The summed E-state index contributed by atoms with van der Waals surface area (Å²) < 4.78 is 23.8. The summed E-state index contributed by atoms with van der Waals surface area (Å²) in [4.78, 5) is 8.09. The van der Waals surface area contributed by atoms with Crippen LogP contribution in [0.2, 0.25) is 5.02 Å². The van der Waals surface area contributed by atoms with Gasteiger partial charge in [-0.15, -0.1) is 11.3 Å². The number of nitrogens with zero attached hydrogens (tertiary/aromatic N) is 2. The maximum atomic E-state index is 11.9. The highest BCUT2D eigenvalue weighted by atomic mass is 35.5. The summed E-state index contributed by atoms with van der Waals surface area (Å²) >= 11 is 7.66. The standard InChI is InChI=1S/C18H24ClN2O2S2/c1-5-21(6-2)11-7-8-17-20-13(3)18(24-17)14-9-10-15(19)16(12-14)25(4,22)23/h9-12H,5-8H2,1-4H3. The fraction of sp³-hybridized carbons (Fsp3) is 0.444. The van der Waals surface area contributed by atoms with Gasteiger partial charge < -0.3 is 0 Å². The van der Waals surface area contributed by atoms with Gasteiger partial charge in [-0.3, -0.25) is 4.90 Å². The fourth-order valence-electron chi connectivity index (χ4n) is 2.61. The first kappa shape index (κ1) is 20.4. The molecule has 1 aromatic carbocycles. The molecule has 2 rings (SSSR count). The van der Waals surface area contributed by atoms with Crippen LogP contribution in [0.4, 0.5) is 0 Å². The number of hydrogen-bond acceptors (Lipinski definition) is 5. The number of halogens is 1. The van der Waals surface area contributed by atoms with Gasteiger partial charge in [-0.1, -0.05) is 31.5 Å². The molecule has 0 unspecified atom stereocenters. The molecule has 0 saturated heterocycles. The third kappa shape index (κ3) is 5.26. The molecule has 1 radical (unpaired) electrons. The molecule has 137 valence electrons. The van der Waals surface area contributed by atoms with E-state index >= 15 is 0 Å². The zero-order chi connectivity index (χ0) is 18.6. The lowest BCUT2D eigenvalue weighted by Crippen LogP contribution is -2.19. The summed E-state index contributed by atoms with van der Waals surface area (Å²) in [7, 11) is -3.36. The van der Waals surface area contributed by atoms with E-state index in [0.717, 1.165) is 47.1 Å². The van der Waals surface area contributed by atoms with E-state index < -0.39 is 9.84 Å². The third-order valence-electron chi connectivity index (χ3n) is 3.99. The third-order valence-corrected chi connectivity index (χ3v) is 6.84. The molecule has 25 heavy (non-hydrogen) atoms. The fourth-order valence-corrected chi connectivity index (χ4v) is 4.99. The molecule has 0 atom stereocenters. The van der Waals surface area contributed by atoms with Gasteiger partial charge in [-0.2, -0.15) is 0 Å². The van der Waals surface area contributed by atoms with E-state index in [1.165, 1.54) is 6.26 Å². The topological polar surface area (TPSA) is 50.3 Å². The van der Waals surface area contributed by atoms with Crippen LogP contribution >= 0.6 is 22.9 Å². The van der Waals surface area contributed by atoms with Gasteiger partial charge in [0, 0.05) is 19.2 Å². The van der Waals surface area contributed by atoms with Crippen molar-refractivity contribution in [3.8, 4) is 10.4 Å². The minimum Gasteiger partial charge on any atom is -0.299 e. The number of thiazole rings is 1. The Balaban J connectivity index is 2.20. The summed E-state index contributed by atoms with van der Waals surface area (Å²) in [5.41, 5.74) is 1.77. The number of rotatable bonds is 8. The van der Waals surface area contributed by atoms with Crippen molar-refractivity contribution < 1.29 is 8.42 Å². The molecule has 0 aliphatic rings. The summed E-state index contributed by atoms with van der Waals surface area (Å²) in [5, 5.41) is 1.31. The predicted molar refractivity (Wildman–Crippen MR) is 106 cm³/mol. The Kier molecular flexibility index (Phi) is 7.02. The van der Waals surface area contributed by atoms with Gasteiger partial charge in [0.1, 0.15) is 0 Å². The van der Waals surface area contributed by atoms with Gasteiger partial charge in [-0.05, 0) is 44.1 Å². The molecule has 2 aromatic rings. The minimum atomic E-state index is -3.36. The molecule has 0 N–H and O–H groups in total. The van der Waals surface area contributed by atoms with Crippen LogP contribution in [0.15, 0.2) is 23.1 Å². The van der Waals surface area contributed by atoms with E-state index in [9.17, 15) is 8.42 Å². The molecule has 4 nitrogen and oxygen atoms in total. The van der Waals surface area contributed by atoms with E-state index in [1.54, 1.807) is 23.5 Å². The van der Waals surface area contributed by atoms with E-state index in [-0.39, 0.29) is 9.92 Å². The lowest BCUT2D eigenvalue weighted by atomic mass is 10.1. The second kappa shape index (κ2) is 8.62. The van der Waals surface area contributed by atoms with Crippen LogP contribution in [0.25, 0.3) is 10.4 Å². The van der Waals surface area contributed by atoms with Crippen molar-refractivity contribution in [1.29, 1.82) is 0 Å². The van der Waals surface area contributed by atoms with E-state index in [4.69, 9.17) is 11.6 Å². The SMILES string of the molecule is CCN([CH]CCc1nc(C)c(-c2ccc(Cl)c(S(C)(=O)=O)c2)s1)CC. The molecular formula is C18H24ClN2O2S2. The first-order valence-corrected chi connectivity index (χ1v) is 11.4. The highest BCUT2D eigenvalue weighted by Gasteiger charge is 2.16. The van der Waals surface area contributed by atoms with Gasteiger partial charge in [0.2, 0.25) is 0 Å². The Hall–Kier alpha value is -0.950. The average molecular weight is 400 g/mol.